The number of piperidine rings is 1. The normalized spacial score (nSPS) is 27.5. The SMILES string of the molecule is CC(C)n1nc(-c2nnc(C3C4CN(CC5CCC5)CC43)o2)c2ccccc21. The molecule has 0 radical (unpaired) electrons. The van der Waals surface area contributed by atoms with Crippen LogP contribution in [0.1, 0.15) is 51.0 Å². The zero-order chi connectivity index (χ0) is 18.8. The molecule has 3 aliphatic rings. The van der Waals surface area contributed by atoms with E-state index < -0.39 is 0 Å². The van der Waals surface area contributed by atoms with Gasteiger partial charge in [0, 0.05) is 37.0 Å². The molecule has 2 saturated carbocycles. The third kappa shape index (κ3) is 2.54. The van der Waals surface area contributed by atoms with Crippen LogP contribution in [0.4, 0.5) is 0 Å². The number of likely N-dealkylation sites (tertiary alicyclic amines) is 1. The van der Waals surface area contributed by atoms with E-state index in [4.69, 9.17) is 9.52 Å². The predicted octanol–water partition coefficient (Wildman–Crippen LogP) is 4.11. The van der Waals surface area contributed by atoms with Gasteiger partial charge in [-0.05, 0) is 50.5 Å². The minimum Gasteiger partial charge on any atom is -0.419 e. The lowest BCUT2D eigenvalue weighted by molar-refractivity contribution is 0.188. The van der Waals surface area contributed by atoms with Crippen LogP contribution in [0.2, 0.25) is 0 Å². The number of benzene rings is 1. The molecule has 0 amide bonds. The van der Waals surface area contributed by atoms with Gasteiger partial charge in [-0.15, -0.1) is 10.2 Å². The quantitative estimate of drug-likeness (QED) is 0.670. The molecule has 0 N–H and O–H groups in total. The second-order valence-corrected chi connectivity index (χ2v) is 9.22. The van der Waals surface area contributed by atoms with E-state index in [9.17, 15) is 0 Å². The monoisotopic (exact) mass is 377 g/mol. The van der Waals surface area contributed by atoms with Crippen molar-refractivity contribution < 1.29 is 4.42 Å². The number of hydrogen-bond acceptors (Lipinski definition) is 5. The summed E-state index contributed by atoms with van der Waals surface area (Å²) in [4.78, 5) is 2.66. The van der Waals surface area contributed by atoms with Crippen LogP contribution < -0.4 is 0 Å². The van der Waals surface area contributed by atoms with E-state index in [2.05, 4.69) is 41.1 Å². The maximum Gasteiger partial charge on any atom is 0.268 e. The van der Waals surface area contributed by atoms with E-state index in [0.29, 0.717) is 23.6 Å². The lowest BCUT2D eigenvalue weighted by Crippen LogP contribution is -2.32. The molecule has 28 heavy (non-hydrogen) atoms. The Morgan fingerprint density at radius 1 is 1.11 bits per heavy atom. The van der Waals surface area contributed by atoms with Crippen LogP contribution in [0, 0.1) is 17.8 Å². The molecule has 3 heterocycles. The van der Waals surface area contributed by atoms with Gasteiger partial charge in [0.05, 0.1) is 5.52 Å². The largest absolute Gasteiger partial charge is 0.419 e. The highest BCUT2D eigenvalue weighted by Gasteiger charge is 2.59. The lowest BCUT2D eigenvalue weighted by atomic mass is 9.85. The highest BCUT2D eigenvalue weighted by molar-refractivity contribution is 5.91. The van der Waals surface area contributed by atoms with E-state index in [1.165, 1.54) is 38.9 Å². The maximum atomic E-state index is 6.16. The highest BCUT2D eigenvalue weighted by atomic mass is 16.4. The molecular weight excluding hydrogens is 350 g/mol. The third-order valence-corrected chi connectivity index (χ3v) is 7.04. The molecule has 0 bridgehead atoms. The van der Waals surface area contributed by atoms with Crippen molar-refractivity contribution in [2.45, 2.75) is 45.1 Å². The predicted molar refractivity (Wildman–Crippen MR) is 107 cm³/mol. The summed E-state index contributed by atoms with van der Waals surface area (Å²) < 4.78 is 8.20. The number of aromatic nitrogens is 4. The van der Waals surface area contributed by atoms with Crippen molar-refractivity contribution in [3.05, 3.63) is 30.2 Å². The van der Waals surface area contributed by atoms with Gasteiger partial charge in [0.2, 0.25) is 5.89 Å². The van der Waals surface area contributed by atoms with Crippen molar-refractivity contribution >= 4 is 10.9 Å². The Kier molecular flexibility index (Phi) is 3.67. The standard InChI is InChI=1S/C22H27N5O/c1-13(2)27-18-9-4-3-8-15(18)20(25-27)22-24-23-21(28-22)19-16-11-26(12-17(16)19)10-14-6-5-7-14/h3-4,8-9,13-14,16-17,19H,5-7,10-12H2,1-2H3. The Morgan fingerprint density at radius 2 is 1.89 bits per heavy atom. The second-order valence-electron chi connectivity index (χ2n) is 9.22. The van der Waals surface area contributed by atoms with Gasteiger partial charge in [-0.3, -0.25) is 4.68 Å². The number of hydrogen-bond donors (Lipinski definition) is 0. The summed E-state index contributed by atoms with van der Waals surface area (Å²) in [6.07, 6.45) is 4.29. The molecule has 0 spiro atoms. The summed E-state index contributed by atoms with van der Waals surface area (Å²) in [5, 5.41) is 14.7. The first-order chi connectivity index (χ1) is 13.7. The average molecular weight is 377 g/mol. The number of nitrogens with zero attached hydrogens (tertiary/aromatic N) is 5. The molecule has 1 saturated heterocycles. The van der Waals surface area contributed by atoms with Crippen molar-refractivity contribution in [2.24, 2.45) is 17.8 Å². The molecule has 146 valence electrons. The first kappa shape index (κ1) is 16.7. The smallest absolute Gasteiger partial charge is 0.268 e. The first-order valence-corrected chi connectivity index (χ1v) is 10.7. The molecule has 6 nitrogen and oxygen atoms in total. The Bertz CT molecular complexity index is 1010. The van der Waals surface area contributed by atoms with E-state index in [1.54, 1.807) is 0 Å². The molecule has 3 fully saturated rings. The van der Waals surface area contributed by atoms with E-state index >= 15 is 0 Å². The van der Waals surface area contributed by atoms with Gasteiger partial charge >= 0.3 is 0 Å². The minimum atomic E-state index is 0.283. The fraction of sp³-hybridized carbons (Fsp3) is 0.591. The molecule has 2 atom stereocenters. The Labute approximate surface area is 164 Å². The van der Waals surface area contributed by atoms with Crippen molar-refractivity contribution in [1.29, 1.82) is 0 Å². The van der Waals surface area contributed by atoms with Crippen LogP contribution in [0.3, 0.4) is 0 Å². The summed E-state index contributed by atoms with van der Waals surface area (Å²) in [7, 11) is 0. The molecule has 1 aromatic carbocycles. The number of para-hydroxylation sites is 1. The zero-order valence-electron chi connectivity index (χ0n) is 16.6. The topological polar surface area (TPSA) is 60.0 Å². The maximum absolute atomic E-state index is 6.16. The fourth-order valence-corrected chi connectivity index (χ4v) is 5.28. The van der Waals surface area contributed by atoms with E-state index in [0.717, 1.165) is 28.4 Å². The zero-order valence-corrected chi connectivity index (χ0v) is 16.6. The van der Waals surface area contributed by atoms with Crippen LogP contribution in [-0.4, -0.2) is 44.5 Å². The first-order valence-electron chi connectivity index (χ1n) is 10.7. The molecule has 2 unspecified atom stereocenters. The van der Waals surface area contributed by atoms with Gasteiger partial charge < -0.3 is 9.32 Å². The molecule has 6 heteroatoms. The molecule has 3 aromatic rings. The van der Waals surface area contributed by atoms with E-state index in [1.807, 2.05) is 16.8 Å². The average Bonchev–Trinajstić information content (AvgIpc) is 3.10. The Morgan fingerprint density at radius 3 is 2.61 bits per heavy atom. The Balaban J connectivity index is 1.22. The molecule has 2 aromatic heterocycles. The lowest BCUT2D eigenvalue weighted by Gasteiger charge is -2.31. The summed E-state index contributed by atoms with van der Waals surface area (Å²) in [6, 6.07) is 8.56. The van der Waals surface area contributed by atoms with Crippen LogP contribution in [-0.2, 0) is 0 Å². The third-order valence-electron chi connectivity index (χ3n) is 7.04. The molecule has 2 aliphatic carbocycles. The summed E-state index contributed by atoms with van der Waals surface area (Å²) in [5.41, 5.74) is 1.92. The Hall–Kier alpha value is -2.21. The van der Waals surface area contributed by atoms with Gasteiger partial charge in [-0.25, -0.2) is 0 Å². The van der Waals surface area contributed by atoms with Gasteiger partial charge in [-0.2, -0.15) is 5.10 Å². The van der Waals surface area contributed by atoms with Crippen molar-refractivity contribution in [1.82, 2.24) is 24.9 Å². The minimum absolute atomic E-state index is 0.283. The van der Waals surface area contributed by atoms with Crippen LogP contribution in [0.5, 0.6) is 0 Å². The fourth-order valence-electron chi connectivity index (χ4n) is 5.28. The summed E-state index contributed by atoms with van der Waals surface area (Å²) in [6.45, 7) is 7.99. The van der Waals surface area contributed by atoms with Crippen LogP contribution >= 0.6 is 0 Å². The van der Waals surface area contributed by atoms with Gasteiger partial charge in [0.15, 0.2) is 5.69 Å². The van der Waals surface area contributed by atoms with Crippen molar-refractivity contribution in [2.75, 3.05) is 19.6 Å². The second kappa shape index (κ2) is 6.14. The summed E-state index contributed by atoms with van der Waals surface area (Å²) in [5.74, 6) is 4.20. The van der Waals surface area contributed by atoms with Crippen molar-refractivity contribution in [3.8, 4) is 11.6 Å². The molecule has 6 rings (SSSR count). The molecular formula is C22H27N5O. The highest BCUT2D eigenvalue weighted by Crippen LogP contribution is 2.58. The van der Waals surface area contributed by atoms with Gasteiger partial charge in [-0.1, -0.05) is 24.6 Å². The summed E-state index contributed by atoms with van der Waals surface area (Å²) >= 11 is 0. The van der Waals surface area contributed by atoms with Crippen LogP contribution in [0.25, 0.3) is 22.5 Å². The number of rotatable bonds is 5. The van der Waals surface area contributed by atoms with Gasteiger partial charge in [0.25, 0.3) is 5.89 Å². The van der Waals surface area contributed by atoms with Crippen LogP contribution in [0.15, 0.2) is 28.7 Å². The van der Waals surface area contributed by atoms with Crippen molar-refractivity contribution in [3.63, 3.8) is 0 Å². The molecule has 1 aliphatic heterocycles. The van der Waals surface area contributed by atoms with Gasteiger partial charge in [0.1, 0.15) is 0 Å². The number of fused-ring (bicyclic) bond motifs is 2. The van der Waals surface area contributed by atoms with E-state index in [-0.39, 0.29) is 6.04 Å².